The summed E-state index contributed by atoms with van der Waals surface area (Å²) < 4.78 is 16.5. The molecule has 0 spiro atoms. The summed E-state index contributed by atoms with van der Waals surface area (Å²) in [7, 11) is 3.39. The number of aliphatic carboxylic acids is 1. The van der Waals surface area contributed by atoms with Gasteiger partial charge in [-0.25, -0.2) is 18.5 Å². The Hall–Kier alpha value is -4.28. The number of rotatable bonds is 8. The molecule has 1 aromatic heterocycles. The number of halogens is 2. The number of aromatic nitrogens is 2. The summed E-state index contributed by atoms with van der Waals surface area (Å²) in [4.78, 5) is 50.6. The smallest absolute Gasteiger partial charge is 0.335 e. The van der Waals surface area contributed by atoms with Gasteiger partial charge >= 0.3 is 11.7 Å². The van der Waals surface area contributed by atoms with Crippen molar-refractivity contribution in [1.29, 1.82) is 0 Å². The molecule has 4 rings (SSSR count). The first-order chi connectivity index (χ1) is 18.1. The Bertz CT molecular complexity index is 1640. The Morgan fingerprint density at radius 3 is 2.37 bits per heavy atom. The van der Waals surface area contributed by atoms with Gasteiger partial charge in [-0.15, -0.1) is 0 Å². The number of hydrogen-bond donors (Lipinski definition) is 3. The zero-order valence-electron chi connectivity index (χ0n) is 20.5. The molecule has 0 aliphatic carbocycles. The third kappa shape index (κ3) is 5.22. The third-order valence-electron chi connectivity index (χ3n) is 6.14. The molecule has 1 heterocycles. The molecule has 3 N–H and O–H groups in total. The van der Waals surface area contributed by atoms with Crippen molar-refractivity contribution in [2.24, 2.45) is 7.05 Å². The number of hydrogen-bond acceptors (Lipinski definition) is 5. The maximum absolute atomic E-state index is 14.1. The molecule has 196 valence electrons. The zero-order valence-corrected chi connectivity index (χ0v) is 21.3. The standard InChI is InChI=1S/C27H24ClFN4O5/c1-30-14-16-8-11-18-22(13-16)32(2)27(38)33(25(18)35)17-9-6-15(7-10-17)12-21(26(36)37)31-24(34)23-19(28)4-3-5-20(23)29/h3-11,13,21,30H,12,14H2,1-2H3,(H,31,34)(H,36,37)/t21-/m0/s1. The van der Waals surface area contributed by atoms with Gasteiger partial charge in [0.15, 0.2) is 0 Å². The number of carbonyl (C=O) groups is 2. The maximum atomic E-state index is 14.1. The molecule has 9 nitrogen and oxygen atoms in total. The van der Waals surface area contributed by atoms with Crippen LogP contribution in [-0.4, -0.2) is 39.2 Å². The Labute approximate surface area is 221 Å². The Balaban J connectivity index is 1.62. The van der Waals surface area contributed by atoms with Crippen molar-refractivity contribution in [3.8, 4) is 5.69 Å². The molecule has 0 aliphatic heterocycles. The quantitative estimate of drug-likeness (QED) is 0.317. The fourth-order valence-corrected chi connectivity index (χ4v) is 4.45. The van der Waals surface area contributed by atoms with Crippen LogP contribution in [0.2, 0.25) is 5.02 Å². The lowest BCUT2D eigenvalue weighted by Crippen LogP contribution is -2.42. The van der Waals surface area contributed by atoms with Gasteiger partial charge in [-0.3, -0.25) is 14.2 Å². The molecule has 0 unspecified atom stereocenters. The van der Waals surface area contributed by atoms with E-state index in [1.165, 1.54) is 28.8 Å². The molecule has 1 amide bonds. The average molecular weight is 539 g/mol. The van der Waals surface area contributed by atoms with Crippen molar-refractivity contribution in [3.05, 3.63) is 109 Å². The Morgan fingerprint density at radius 2 is 1.74 bits per heavy atom. The van der Waals surface area contributed by atoms with E-state index in [4.69, 9.17) is 11.6 Å². The van der Waals surface area contributed by atoms with E-state index in [1.54, 1.807) is 38.4 Å². The van der Waals surface area contributed by atoms with Crippen molar-refractivity contribution >= 4 is 34.4 Å². The van der Waals surface area contributed by atoms with Gasteiger partial charge in [0.1, 0.15) is 11.9 Å². The minimum absolute atomic E-state index is 0.133. The first-order valence-corrected chi connectivity index (χ1v) is 12.0. The number of carboxylic acid groups (broad SMARTS) is 1. The van der Waals surface area contributed by atoms with Gasteiger partial charge in [-0.2, -0.15) is 0 Å². The molecule has 0 aliphatic rings. The Kier molecular flexibility index (Phi) is 7.75. The van der Waals surface area contributed by atoms with Gasteiger partial charge in [0.05, 0.1) is 27.2 Å². The number of carboxylic acids is 1. The van der Waals surface area contributed by atoms with E-state index in [0.717, 1.165) is 16.2 Å². The zero-order chi connectivity index (χ0) is 27.6. The predicted octanol–water partition coefficient (Wildman–Crippen LogP) is 2.63. The van der Waals surface area contributed by atoms with Crippen molar-refractivity contribution in [2.75, 3.05) is 7.05 Å². The van der Waals surface area contributed by atoms with Crippen LogP contribution < -0.4 is 21.9 Å². The molecule has 0 fully saturated rings. The van der Waals surface area contributed by atoms with E-state index >= 15 is 0 Å². The van der Waals surface area contributed by atoms with E-state index in [0.29, 0.717) is 28.7 Å². The van der Waals surface area contributed by atoms with Crippen molar-refractivity contribution in [2.45, 2.75) is 19.0 Å². The van der Waals surface area contributed by atoms with Gasteiger partial charge in [-0.1, -0.05) is 35.9 Å². The number of carbonyl (C=O) groups excluding carboxylic acids is 1. The minimum Gasteiger partial charge on any atom is -0.480 e. The molecule has 0 saturated carbocycles. The van der Waals surface area contributed by atoms with E-state index in [2.05, 4.69) is 10.6 Å². The van der Waals surface area contributed by atoms with Crippen LogP contribution in [0.3, 0.4) is 0 Å². The van der Waals surface area contributed by atoms with Crippen molar-refractivity contribution < 1.29 is 19.1 Å². The van der Waals surface area contributed by atoms with Crippen LogP contribution in [0.25, 0.3) is 16.6 Å². The van der Waals surface area contributed by atoms with Crippen LogP contribution in [0.5, 0.6) is 0 Å². The lowest BCUT2D eigenvalue weighted by atomic mass is 10.0. The lowest BCUT2D eigenvalue weighted by molar-refractivity contribution is -0.139. The highest BCUT2D eigenvalue weighted by Gasteiger charge is 2.24. The summed E-state index contributed by atoms with van der Waals surface area (Å²) in [5, 5.41) is 15.2. The van der Waals surface area contributed by atoms with Crippen LogP contribution in [0, 0.1) is 5.82 Å². The topological polar surface area (TPSA) is 122 Å². The molecule has 0 saturated heterocycles. The number of nitrogens with zero attached hydrogens (tertiary/aromatic N) is 2. The molecular weight excluding hydrogens is 515 g/mol. The normalized spacial score (nSPS) is 11.9. The second kappa shape index (κ2) is 11.0. The summed E-state index contributed by atoms with van der Waals surface area (Å²) in [6.07, 6.45) is -0.133. The first-order valence-electron chi connectivity index (χ1n) is 11.6. The highest BCUT2D eigenvalue weighted by atomic mass is 35.5. The summed E-state index contributed by atoms with van der Waals surface area (Å²) in [6, 6.07) is 13.8. The predicted molar refractivity (Wildman–Crippen MR) is 142 cm³/mol. The fraction of sp³-hybridized carbons (Fsp3) is 0.185. The molecule has 1 atom stereocenters. The average Bonchev–Trinajstić information content (AvgIpc) is 2.88. The van der Waals surface area contributed by atoms with Crippen LogP contribution in [-0.2, 0) is 24.8 Å². The summed E-state index contributed by atoms with van der Waals surface area (Å²) in [6.45, 7) is 0.583. The van der Waals surface area contributed by atoms with Crippen molar-refractivity contribution in [1.82, 2.24) is 19.8 Å². The van der Waals surface area contributed by atoms with Gasteiger partial charge in [0.25, 0.3) is 11.5 Å². The van der Waals surface area contributed by atoms with Crippen LogP contribution >= 0.6 is 11.6 Å². The summed E-state index contributed by atoms with van der Waals surface area (Å²) in [5.74, 6) is -3.16. The molecule has 38 heavy (non-hydrogen) atoms. The van der Waals surface area contributed by atoms with Gasteiger partial charge in [0.2, 0.25) is 0 Å². The molecule has 0 radical (unpaired) electrons. The maximum Gasteiger partial charge on any atom is 0.335 e. The molecule has 11 heteroatoms. The highest BCUT2D eigenvalue weighted by molar-refractivity contribution is 6.33. The Morgan fingerprint density at radius 1 is 1.05 bits per heavy atom. The van der Waals surface area contributed by atoms with Crippen LogP contribution in [0.1, 0.15) is 21.5 Å². The van der Waals surface area contributed by atoms with E-state index in [9.17, 15) is 28.7 Å². The highest BCUT2D eigenvalue weighted by Crippen LogP contribution is 2.19. The number of fused-ring (bicyclic) bond motifs is 1. The van der Waals surface area contributed by atoms with Gasteiger partial charge in [-0.05, 0) is 54.6 Å². The van der Waals surface area contributed by atoms with Gasteiger partial charge in [0, 0.05) is 20.0 Å². The molecule has 0 bridgehead atoms. The second-order valence-electron chi connectivity index (χ2n) is 8.70. The molecular formula is C27H24ClFN4O5. The summed E-state index contributed by atoms with van der Waals surface area (Å²) in [5.41, 5.74) is 0.779. The second-order valence-corrected chi connectivity index (χ2v) is 9.10. The monoisotopic (exact) mass is 538 g/mol. The van der Waals surface area contributed by atoms with E-state index in [-0.39, 0.29) is 11.4 Å². The molecule has 4 aromatic rings. The van der Waals surface area contributed by atoms with Gasteiger partial charge < -0.3 is 15.7 Å². The number of benzene rings is 3. The largest absolute Gasteiger partial charge is 0.480 e. The minimum atomic E-state index is -1.38. The SMILES string of the molecule is CNCc1ccc2c(=O)n(-c3ccc(C[C@H](NC(=O)c4c(F)cccc4Cl)C(=O)O)cc3)c(=O)n(C)c2c1. The lowest BCUT2D eigenvalue weighted by Gasteiger charge is -2.16. The fourth-order valence-electron chi connectivity index (χ4n) is 4.20. The van der Waals surface area contributed by atoms with E-state index < -0.39 is 40.5 Å². The first kappa shape index (κ1) is 26.8. The molecule has 3 aromatic carbocycles. The van der Waals surface area contributed by atoms with E-state index in [1.807, 2.05) is 6.07 Å². The number of amides is 1. The third-order valence-corrected chi connectivity index (χ3v) is 6.46. The van der Waals surface area contributed by atoms with Crippen LogP contribution in [0.15, 0.2) is 70.3 Å². The number of aryl methyl sites for hydroxylation is 1. The summed E-state index contributed by atoms with van der Waals surface area (Å²) >= 11 is 5.91. The van der Waals surface area contributed by atoms with Crippen molar-refractivity contribution in [3.63, 3.8) is 0 Å². The van der Waals surface area contributed by atoms with Crippen LogP contribution in [0.4, 0.5) is 4.39 Å². The number of nitrogens with one attached hydrogen (secondary N) is 2.